The molecule has 6 heteroatoms. The molecule has 0 aromatic heterocycles. The highest BCUT2D eigenvalue weighted by Gasteiger charge is 2.17. The van der Waals surface area contributed by atoms with Gasteiger partial charge >= 0.3 is 0 Å². The molecule has 2 atom stereocenters. The summed E-state index contributed by atoms with van der Waals surface area (Å²) in [6.45, 7) is 1.63. The normalized spacial score (nSPS) is 17.8. The van der Waals surface area contributed by atoms with Gasteiger partial charge in [-0.25, -0.2) is 0 Å². The first-order chi connectivity index (χ1) is 10.5. The third kappa shape index (κ3) is 5.18. The maximum atomic E-state index is 11.9. The second-order valence-corrected chi connectivity index (χ2v) is 6.14. The van der Waals surface area contributed by atoms with Gasteiger partial charge in [0.25, 0.3) is 5.91 Å². The minimum absolute atomic E-state index is 0.195. The average molecular weight is 367 g/mol. The molecule has 2 rings (SSSR count). The van der Waals surface area contributed by atoms with E-state index in [1.807, 2.05) is 18.2 Å². The largest absolute Gasteiger partial charge is 0.481 e. The Hall–Kier alpha value is -1.82. The summed E-state index contributed by atoms with van der Waals surface area (Å²) in [5.74, 6) is 0.265. The molecule has 0 radical (unpaired) electrons. The minimum atomic E-state index is -0.707. The van der Waals surface area contributed by atoms with Gasteiger partial charge in [0, 0.05) is 10.9 Å². The molecule has 2 N–H and O–H groups in total. The highest BCUT2D eigenvalue weighted by atomic mass is 79.9. The summed E-state index contributed by atoms with van der Waals surface area (Å²) in [6, 6.07) is 7.23. The van der Waals surface area contributed by atoms with E-state index in [1.54, 1.807) is 19.1 Å². The highest BCUT2D eigenvalue weighted by Crippen LogP contribution is 2.20. The molecule has 2 amide bonds. The summed E-state index contributed by atoms with van der Waals surface area (Å²) in [5.41, 5.74) is 4.82. The summed E-state index contributed by atoms with van der Waals surface area (Å²) in [5, 5.41) is 0. The first-order valence-electron chi connectivity index (χ1n) is 7.22. The maximum Gasteiger partial charge on any atom is 0.279 e. The van der Waals surface area contributed by atoms with Crippen molar-refractivity contribution < 1.29 is 14.3 Å². The first kappa shape index (κ1) is 16.5. The Balaban J connectivity index is 1.74. The van der Waals surface area contributed by atoms with Crippen molar-refractivity contribution in [2.75, 3.05) is 0 Å². The van der Waals surface area contributed by atoms with Crippen LogP contribution in [0.4, 0.5) is 0 Å². The fourth-order valence-corrected chi connectivity index (χ4v) is 2.56. The molecule has 1 aromatic carbocycles. The molecule has 0 spiro atoms. The van der Waals surface area contributed by atoms with Crippen LogP contribution in [0.2, 0.25) is 0 Å². The topological polar surface area (TPSA) is 67.4 Å². The van der Waals surface area contributed by atoms with Gasteiger partial charge in [0.2, 0.25) is 5.91 Å². The van der Waals surface area contributed by atoms with Crippen LogP contribution >= 0.6 is 15.9 Å². The number of halogens is 1. The lowest BCUT2D eigenvalue weighted by Gasteiger charge is -2.16. The highest BCUT2D eigenvalue weighted by molar-refractivity contribution is 9.10. The van der Waals surface area contributed by atoms with Crippen LogP contribution in [0.3, 0.4) is 0 Å². The maximum absolute atomic E-state index is 11.9. The average Bonchev–Trinajstić information content (AvgIpc) is 2.97. The monoisotopic (exact) mass is 366 g/mol. The van der Waals surface area contributed by atoms with Crippen LogP contribution in [-0.4, -0.2) is 17.9 Å². The molecule has 0 fully saturated rings. The van der Waals surface area contributed by atoms with Crippen molar-refractivity contribution in [3.63, 3.8) is 0 Å². The van der Waals surface area contributed by atoms with Gasteiger partial charge in [-0.3, -0.25) is 20.4 Å². The van der Waals surface area contributed by atoms with Gasteiger partial charge in [0.05, 0.1) is 0 Å². The number of hydrogen-bond donors (Lipinski definition) is 2. The third-order valence-corrected chi connectivity index (χ3v) is 3.86. The zero-order valence-corrected chi connectivity index (χ0v) is 13.9. The second kappa shape index (κ2) is 7.98. The van der Waals surface area contributed by atoms with Crippen molar-refractivity contribution >= 4 is 27.7 Å². The van der Waals surface area contributed by atoms with Gasteiger partial charge in [-0.15, -0.1) is 0 Å². The van der Waals surface area contributed by atoms with Crippen LogP contribution in [0.25, 0.3) is 0 Å². The van der Waals surface area contributed by atoms with E-state index in [2.05, 4.69) is 32.9 Å². The molecule has 0 heterocycles. The quantitative estimate of drug-likeness (QED) is 0.621. The van der Waals surface area contributed by atoms with Crippen LogP contribution in [0.15, 0.2) is 40.9 Å². The molecule has 118 valence electrons. The summed E-state index contributed by atoms with van der Waals surface area (Å²) >= 11 is 3.34. The van der Waals surface area contributed by atoms with Gasteiger partial charge < -0.3 is 4.74 Å². The molecule has 5 nitrogen and oxygen atoms in total. The third-order valence-electron chi connectivity index (χ3n) is 3.36. The smallest absolute Gasteiger partial charge is 0.279 e. The van der Waals surface area contributed by atoms with Crippen LogP contribution in [0.1, 0.15) is 26.2 Å². The van der Waals surface area contributed by atoms with E-state index in [9.17, 15) is 9.59 Å². The molecular weight excluding hydrogens is 348 g/mol. The van der Waals surface area contributed by atoms with Crippen molar-refractivity contribution in [1.82, 2.24) is 10.9 Å². The van der Waals surface area contributed by atoms with Gasteiger partial charge in [-0.05, 0) is 43.9 Å². The Labute approximate surface area is 138 Å². The molecule has 22 heavy (non-hydrogen) atoms. The molecular formula is C16H19BrN2O3. The molecule has 1 aliphatic rings. The van der Waals surface area contributed by atoms with E-state index in [0.717, 1.165) is 17.3 Å². The summed E-state index contributed by atoms with van der Waals surface area (Å²) in [4.78, 5) is 23.6. The number of carbonyl (C=O) groups excluding carboxylic acids is 2. The van der Waals surface area contributed by atoms with Crippen LogP contribution in [-0.2, 0) is 9.59 Å². The Morgan fingerprint density at radius 3 is 2.91 bits per heavy atom. The van der Waals surface area contributed by atoms with Crippen molar-refractivity contribution in [2.24, 2.45) is 5.92 Å². The molecule has 2 unspecified atom stereocenters. The zero-order chi connectivity index (χ0) is 15.9. The minimum Gasteiger partial charge on any atom is -0.481 e. The second-order valence-electron chi connectivity index (χ2n) is 5.22. The number of amides is 2. The zero-order valence-electron chi connectivity index (χ0n) is 12.3. The van der Waals surface area contributed by atoms with Crippen molar-refractivity contribution in [2.45, 2.75) is 32.3 Å². The Bertz CT molecular complexity index is 574. The Morgan fingerprint density at radius 1 is 1.41 bits per heavy atom. The molecule has 0 saturated carbocycles. The van der Waals surface area contributed by atoms with E-state index in [1.165, 1.54) is 0 Å². The van der Waals surface area contributed by atoms with Crippen LogP contribution in [0.5, 0.6) is 5.75 Å². The molecule has 0 saturated heterocycles. The van der Waals surface area contributed by atoms with E-state index in [-0.39, 0.29) is 11.8 Å². The predicted molar refractivity (Wildman–Crippen MR) is 87.0 cm³/mol. The van der Waals surface area contributed by atoms with E-state index in [4.69, 9.17) is 4.74 Å². The van der Waals surface area contributed by atoms with Crippen molar-refractivity contribution in [3.05, 3.63) is 40.9 Å². The SMILES string of the molecule is CC(Oc1cccc(Br)c1)C(=O)NNC(=O)CC1C=CCC1. The van der Waals surface area contributed by atoms with E-state index >= 15 is 0 Å². The lowest BCUT2D eigenvalue weighted by molar-refractivity contribution is -0.133. The number of nitrogens with one attached hydrogen (secondary N) is 2. The van der Waals surface area contributed by atoms with Gasteiger partial charge in [0.1, 0.15) is 5.75 Å². The molecule has 1 aromatic rings. The Kier molecular flexibility index (Phi) is 6.00. The van der Waals surface area contributed by atoms with Crippen molar-refractivity contribution in [3.8, 4) is 5.75 Å². The Morgan fingerprint density at radius 2 is 2.23 bits per heavy atom. The number of benzene rings is 1. The standard InChI is InChI=1S/C16H19BrN2O3/c1-11(22-14-8-4-7-13(17)10-14)16(21)19-18-15(20)9-12-5-2-3-6-12/h2,4-5,7-8,10-12H,3,6,9H2,1H3,(H,18,20)(H,19,21). The van der Waals surface area contributed by atoms with Crippen LogP contribution < -0.4 is 15.6 Å². The number of hydrazine groups is 1. The predicted octanol–water partition coefficient (Wildman–Crippen LogP) is 2.72. The van der Waals surface area contributed by atoms with E-state index < -0.39 is 12.0 Å². The summed E-state index contributed by atoms with van der Waals surface area (Å²) in [7, 11) is 0. The summed E-state index contributed by atoms with van der Waals surface area (Å²) in [6.07, 6.45) is 5.80. The van der Waals surface area contributed by atoms with E-state index in [0.29, 0.717) is 12.2 Å². The van der Waals surface area contributed by atoms with Crippen molar-refractivity contribution in [1.29, 1.82) is 0 Å². The van der Waals surface area contributed by atoms with Gasteiger partial charge in [0.15, 0.2) is 6.10 Å². The lowest BCUT2D eigenvalue weighted by Crippen LogP contribution is -2.47. The van der Waals surface area contributed by atoms with Gasteiger partial charge in [-0.2, -0.15) is 0 Å². The van der Waals surface area contributed by atoms with Gasteiger partial charge in [-0.1, -0.05) is 34.1 Å². The number of hydrogen-bond acceptors (Lipinski definition) is 3. The number of rotatable bonds is 5. The first-order valence-corrected chi connectivity index (χ1v) is 8.01. The number of allylic oxidation sites excluding steroid dienone is 2. The number of ether oxygens (including phenoxy) is 1. The lowest BCUT2D eigenvalue weighted by atomic mass is 10.1. The molecule has 0 bridgehead atoms. The molecule has 0 aliphatic heterocycles. The molecule has 1 aliphatic carbocycles. The van der Waals surface area contributed by atoms with Crippen LogP contribution in [0, 0.1) is 5.92 Å². The summed E-state index contributed by atoms with van der Waals surface area (Å²) < 4.78 is 6.39. The fourth-order valence-electron chi connectivity index (χ4n) is 2.19. The fraction of sp³-hybridized carbons (Fsp3) is 0.375. The number of carbonyl (C=O) groups is 2.